The molecule has 1 aliphatic heterocycles. The van der Waals surface area contributed by atoms with Crippen molar-refractivity contribution < 1.29 is 29.4 Å². The number of fused-ring (bicyclic) bond motifs is 2. The van der Waals surface area contributed by atoms with Crippen molar-refractivity contribution in [2.75, 3.05) is 53.4 Å². The van der Waals surface area contributed by atoms with Gasteiger partial charge in [0.15, 0.2) is 0 Å². The quantitative estimate of drug-likeness (QED) is 0.144. The standard InChI is InChI=1S/C42H60N6O6S/c1-24-33-18-28(42(33,2)3)19-34(24)45-41(52)37-36(39(43)50)35(23-49)54-48(37)21-25-11-9-13-32(38(25)53-8)26-15-27(17-30(16-26)47(6)7)40(51)44-29(22-46(4)5)20-31-12-10-14-55-31/h9-17,24,28-29,33-37,39,49-50H,18-23,43H2,1-8H3,(H,44,51)(H,45,52)/t24-,28+,29-,33-,34-,35-,36+,37-,39+/m0/s1. The molecule has 3 aromatic rings. The first-order valence-electron chi connectivity index (χ1n) is 19.4. The highest BCUT2D eigenvalue weighted by atomic mass is 32.1. The summed E-state index contributed by atoms with van der Waals surface area (Å²) in [4.78, 5) is 39.6. The number of hydrogen-bond acceptors (Lipinski definition) is 11. The van der Waals surface area contributed by atoms with Gasteiger partial charge < -0.3 is 41.1 Å². The second-order valence-electron chi connectivity index (χ2n) is 16.9. The normalized spacial score (nSPS) is 26.9. The summed E-state index contributed by atoms with van der Waals surface area (Å²) in [6.07, 6.45) is 0.532. The number of carbonyl (C=O) groups is 2. The van der Waals surface area contributed by atoms with E-state index < -0.39 is 30.9 Å². The predicted molar refractivity (Wildman–Crippen MR) is 217 cm³/mol. The first-order valence-corrected chi connectivity index (χ1v) is 20.3. The van der Waals surface area contributed by atoms with Crippen LogP contribution in [0.3, 0.4) is 0 Å². The molecule has 2 bridgehead atoms. The van der Waals surface area contributed by atoms with Crippen molar-refractivity contribution in [2.45, 2.75) is 77.0 Å². The van der Waals surface area contributed by atoms with Gasteiger partial charge in [-0.2, -0.15) is 5.06 Å². The lowest BCUT2D eigenvalue weighted by Crippen LogP contribution is -2.62. The number of thiophene rings is 1. The van der Waals surface area contributed by atoms with Gasteiger partial charge in [0.25, 0.3) is 5.91 Å². The van der Waals surface area contributed by atoms with E-state index >= 15 is 0 Å². The second-order valence-corrected chi connectivity index (χ2v) is 17.9. The van der Waals surface area contributed by atoms with E-state index in [1.165, 1.54) is 16.4 Å². The molecule has 0 unspecified atom stereocenters. The number of anilines is 1. The maximum Gasteiger partial charge on any atom is 0.251 e. The van der Waals surface area contributed by atoms with Gasteiger partial charge >= 0.3 is 0 Å². The molecule has 55 heavy (non-hydrogen) atoms. The van der Waals surface area contributed by atoms with E-state index in [2.05, 4.69) is 42.4 Å². The number of benzene rings is 2. The third-order valence-corrected chi connectivity index (χ3v) is 13.4. The Labute approximate surface area is 329 Å². The number of rotatable bonds is 15. The van der Waals surface area contributed by atoms with Gasteiger partial charge in [0.1, 0.15) is 24.1 Å². The minimum absolute atomic E-state index is 0.00282. The van der Waals surface area contributed by atoms with Crippen LogP contribution >= 0.6 is 11.3 Å². The van der Waals surface area contributed by atoms with E-state index in [-0.39, 0.29) is 35.9 Å². The topological polar surface area (TPSA) is 153 Å². The molecular formula is C42H60N6O6S. The SMILES string of the molecule is COc1c(CN2O[C@@H](CO)[C@@H]([C@H](N)O)[C@H]2C(=O)N[C@H]2C[C@H]3C[C@@H]([C@@H]2C)C3(C)C)cccc1-c1cc(C(=O)N[C@@H](Cc2cccs2)CN(C)C)cc(N(C)C)c1. The summed E-state index contributed by atoms with van der Waals surface area (Å²) < 4.78 is 6.08. The molecule has 0 spiro atoms. The van der Waals surface area contributed by atoms with Crippen LogP contribution in [0, 0.1) is 29.1 Å². The number of nitrogens with one attached hydrogen (secondary N) is 2. The number of methoxy groups -OCH3 is 1. The van der Waals surface area contributed by atoms with E-state index in [0.29, 0.717) is 35.6 Å². The van der Waals surface area contributed by atoms with Gasteiger partial charge in [-0.05, 0) is 85.3 Å². The van der Waals surface area contributed by atoms with Crippen molar-refractivity contribution in [2.24, 2.45) is 34.8 Å². The lowest BCUT2D eigenvalue weighted by atomic mass is 9.45. The van der Waals surface area contributed by atoms with E-state index in [1.54, 1.807) is 18.4 Å². The number of hydroxylamine groups is 2. The molecule has 1 saturated heterocycles. The predicted octanol–water partition coefficient (Wildman–Crippen LogP) is 3.95. The Balaban J connectivity index is 1.28. The second kappa shape index (κ2) is 16.9. The fraction of sp³-hybridized carbons (Fsp3) is 0.571. The number of amides is 2. The Kier molecular flexibility index (Phi) is 12.6. The molecule has 12 nitrogen and oxygen atoms in total. The molecule has 3 aliphatic carbocycles. The summed E-state index contributed by atoms with van der Waals surface area (Å²) in [7, 11) is 9.47. The Morgan fingerprint density at radius 3 is 2.49 bits per heavy atom. The fourth-order valence-electron chi connectivity index (χ4n) is 9.36. The summed E-state index contributed by atoms with van der Waals surface area (Å²) in [5, 5.41) is 31.2. The van der Waals surface area contributed by atoms with Crippen molar-refractivity contribution in [3.05, 3.63) is 69.9 Å². The summed E-state index contributed by atoms with van der Waals surface area (Å²) in [5.41, 5.74) is 9.98. The third-order valence-electron chi connectivity index (χ3n) is 12.5. The molecule has 4 aliphatic rings. The van der Waals surface area contributed by atoms with Crippen LogP contribution in [0.2, 0.25) is 0 Å². The van der Waals surface area contributed by atoms with E-state index in [4.69, 9.17) is 15.3 Å². The van der Waals surface area contributed by atoms with Crippen LogP contribution in [0.5, 0.6) is 5.75 Å². The van der Waals surface area contributed by atoms with Crippen molar-refractivity contribution in [1.29, 1.82) is 0 Å². The van der Waals surface area contributed by atoms with Crippen molar-refractivity contribution in [3.8, 4) is 16.9 Å². The van der Waals surface area contributed by atoms with Crippen LogP contribution in [-0.4, -0.2) is 111 Å². The van der Waals surface area contributed by atoms with Crippen LogP contribution in [0.25, 0.3) is 11.1 Å². The zero-order chi connectivity index (χ0) is 39.8. The Bertz CT molecular complexity index is 1800. The highest BCUT2D eigenvalue weighted by molar-refractivity contribution is 7.09. The maximum atomic E-state index is 14.2. The van der Waals surface area contributed by atoms with Gasteiger partial charge in [-0.1, -0.05) is 45.0 Å². The van der Waals surface area contributed by atoms with Crippen LogP contribution in [-0.2, 0) is 22.6 Å². The van der Waals surface area contributed by atoms with Crippen LogP contribution < -0.4 is 26.0 Å². The number of aliphatic hydroxyl groups is 2. The lowest BCUT2D eigenvalue weighted by Gasteiger charge is -2.62. The molecule has 2 heterocycles. The highest BCUT2D eigenvalue weighted by Crippen LogP contribution is 2.61. The molecule has 300 valence electrons. The first-order chi connectivity index (χ1) is 26.1. The number of likely N-dealkylation sites (N-methyl/N-ethyl adjacent to an activating group) is 1. The van der Waals surface area contributed by atoms with Crippen LogP contribution in [0.1, 0.15) is 54.4 Å². The Morgan fingerprint density at radius 1 is 1.13 bits per heavy atom. The van der Waals surface area contributed by atoms with Crippen LogP contribution in [0.15, 0.2) is 53.9 Å². The molecule has 0 radical (unpaired) electrons. The first kappa shape index (κ1) is 41.1. The van der Waals surface area contributed by atoms with E-state index in [1.807, 2.05) is 80.9 Å². The summed E-state index contributed by atoms with van der Waals surface area (Å²) >= 11 is 1.68. The average molecular weight is 777 g/mol. The van der Waals surface area contributed by atoms with Crippen molar-refractivity contribution in [1.82, 2.24) is 20.6 Å². The molecule has 3 saturated carbocycles. The molecule has 2 amide bonds. The van der Waals surface area contributed by atoms with E-state index in [9.17, 15) is 19.8 Å². The van der Waals surface area contributed by atoms with E-state index in [0.717, 1.165) is 35.2 Å². The number of ether oxygens (including phenoxy) is 1. The van der Waals surface area contributed by atoms with Gasteiger partial charge in [0.05, 0.1) is 26.2 Å². The van der Waals surface area contributed by atoms with Crippen molar-refractivity contribution in [3.63, 3.8) is 0 Å². The van der Waals surface area contributed by atoms with Gasteiger partial charge in [-0.3, -0.25) is 14.4 Å². The minimum atomic E-state index is -1.40. The highest BCUT2D eigenvalue weighted by Gasteiger charge is 2.57. The molecule has 6 N–H and O–H groups in total. The summed E-state index contributed by atoms with van der Waals surface area (Å²) in [6, 6.07) is 14.6. The monoisotopic (exact) mass is 776 g/mol. The third kappa shape index (κ3) is 8.58. The molecule has 13 heteroatoms. The van der Waals surface area contributed by atoms with Gasteiger partial charge in [0, 0.05) is 66.4 Å². The lowest BCUT2D eigenvalue weighted by molar-refractivity contribution is -0.183. The number of aliphatic hydroxyl groups excluding tert-OH is 2. The molecule has 9 atom stereocenters. The Morgan fingerprint density at radius 2 is 1.89 bits per heavy atom. The molecule has 2 aromatic carbocycles. The maximum absolute atomic E-state index is 14.2. The van der Waals surface area contributed by atoms with Gasteiger partial charge in [-0.25, -0.2) is 0 Å². The number of carbonyl (C=O) groups excluding carboxylic acids is 2. The zero-order valence-corrected chi connectivity index (χ0v) is 34.3. The molecule has 7 rings (SSSR count). The van der Waals surface area contributed by atoms with Crippen molar-refractivity contribution >= 4 is 28.8 Å². The molecule has 4 fully saturated rings. The number of hydrogen-bond donors (Lipinski definition) is 5. The summed E-state index contributed by atoms with van der Waals surface area (Å²) in [5.74, 6) is 0.621. The van der Waals surface area contributed by atoms with Gasteiger partial charge in [0.2, 0.25) is 5.91 Å². The minimum Gasteiger partial charge on any atom is -0.496 e. The Hall–Kier alpha value is -3.56. The molecular weight excluding hydrogens is 717 g/mol. The zero-order valence-electron chi connectivity index (χ0n) is 33.5. The largest absolute Gasteiger partial charge is 0.496 e. The number of para-hydroxylation sites is 1. The van der Waals surface area contributed by atoms with Crippen LogP contribution in [0.4, 0.5) is 5.69 Å². The number of nitrogens with two attached hydrogens (primary N) is 1. The number of nitrogens with zero attached hydrogens (tertiary/aromatic N) is 3. The molecule has 1 aromatic heterocycles. The summed E-state index contributed by atoms with van der Waals surface area (Å²) in [6.45, 7) is 7.24. The van der Waals surface area contributed by atoms with Gasteiger partial charge in [-0.15, -0.1) is 11.3 Å². The fourth-order valence-corrected chi connectivity index (χ4v) is 10.1. The smallest absolute Gasteiger partial charge is 0.251 e. The average Bonchev–Trinajstić information content (AvgIpc) is 3.79.